The molecule has 3 rings (SSSR count). The molecule has 1 atom stereocenters. The number of nitrogens with one attached hydrogen (secondary N) is 1. The summed E-state index contributed by atoms with van der Waals surface area (Å²) in [6, 6.07) is 7.76. The number of rotatable bonds is 4. The SMILES string of the molecule is CC(C)CN1C(=O)C(=O)N(C[NH+]2CCc3ccccc3C2)C1=O. The number of hydrogen-bond donors (Lipinski definition) is 1. The first-order chi connectivity index (χ1) is 11.0. The van der Waals surface area contributed by atoms with Gasteiger partial charge in [-0.15, -0.1) is 0 Å². The van der Waals surface area contributed by atoms with Gasteiger partial charge in [0.05, 0.1) is 6.54 Å². The van der Waals surface area contributed by atoms with Gasteiger partial charge < -0.3 is 4.90 Å². The summed E-state index contributed by atoms with van der Waals surface area (Å²) in [5.41, 5.74) is 2.58. The zero-order valence-corrected chi connectivity index (χ0v) is 13.5. The van der Waals surface area contributed by atoms with Gasteiger partial charge in [-0.25, -0.2) is 9.69 Å². The number of hydrogen-bond acceptors (Lipinski definition) is 3. The van der Waals surface area contributed by atoms with Crippen molar-refractivity contribution in [2.75, 3.05) is 19.8 Å². The highest BCUT2D eigenvalue weighted by atomic mass is 16.2. The first-order valence-electron chi connectivity index (χ1n) is 8.05. The molecule has 0 aromatic heterocycles. The number of carbonyl (C=O) groups excluding carboxylic acids is 3. The van der Waals surface area contributed by atoms with E-state index < -0.39 is 17.8 Å². The lowest BCUT2D eigenvalue weighted by Gasteiger charge is -2.28. The van der Waals surface area contributed by atoms with Crippen LogP contribution in [0.15, 0.2) is 24.3 Å². The second kappa shape index (κ2) is 6.12. The van der Waals surface area contributed by atoms with Gasteiger partial charge in [0.2, 0.25) is 0 Å². The number of fused-ring (bicyclic) bond motifs is 1. The molecule has 23 heavy (non-hydrogen) atoms. The molecule has 1 unspecified atom stereocenters. The second-order valence-electron chi connectivity index (χ2n) is 6.68. The van der Waals surface area contributed by atoms with Crippen LogP contribution in [0, 0.1) is 5.92 Å². The molecule has 4 amide bonds. The zero-order chi connectivity index (χ0) is 16.6. The molecule has 2 aliphatic rings. The van der Waals surface area contributed by atoms with Crippen LogP contribution < -0.4 is 4.90 Å². The average Bonchev–Trinajstić information content (AvgIpc) is 2.72. The van der Waals surface area contributed by atoms with E-state index in [4.69, 9.17) is 0 Å². The Bertz CT molecular complexity index is 656. The first-order valence-corrected chi connectivity index (χ1v) is 8.05. The van der Waals surface area contributed by atoms with Gasteiger partial charge >= 0.3 is 17.8 Å². The number of carbonyl (C=O) groups is 3. The summed E-state index contributed by atoms with van der Waals surface area (Å²) in [4.78, 5) is 39.8. The highest BCUT2D eigenvalue weighted by Crippen LogP contribution is 2.14. The van der Waals surface area contributed by atoms with Crippen LogP contribution in [0.1, 0.15) is 25.0 Å². The average molecular weight is 316 g/mol. The molecular formula is C17H22N3O3+. The number of quaternary nitrogens is 1. The number of urea groups is 1. The topological polar surface area (TPSA) is 62.1 Å². The standard InChI is InChI=1S/C17H21N3O3/c1-12(2)9-19-15(21)16(22)20(17(19)23)11-18-8-7-13-5-3-4-6-14(13)10-18/h3-6,12H,7-11H2,1-2H3/p+1. The van der Waals surface area contributed by atoms with Gasteiger partial charge in [-0.05, 0) is 11.5 Å². The molecule has 1 aromatic rings. The summed E-state index contributed by atoms with van der Waals surface area (Å²) >= 11 is 0. The first kappa shape index (κ1) is 15.7. The third-order valence-electron chi connectivity index (χ3n) is 4.37. The molecule has 0 spiro atoms. The molecule has 6 nitrogen and oxygen atoms in total. The third-order valence-corrected chi connectivity index (χ3v) is 4.37. The number of nitrogens with zero attached hydrogens (tertiary/aromatic N) is 2. The van der Waals surface area contributed by atoms with Crippen LogP contribution >= 0.6 is 0 Å². The van der Waals surface area contributed by atoms with Crippen LogP contribution in [0.2, 0.25) is 0 Å². The molecule has 1 fully saturated rings. The van der Waals surface area contributed by atoms with Crippen LogP contribution in [-0.4, -0.2) is 47.4 Å². The quantitative estimate of drug-likeness (QED) is 0.630. The van der Waals surface area contributed by atoms with Crippen molar-refractivity contribution >= 4 is 17.8 Å². The Hall–Kier alpha value is -2.21. The minimum absolute atomic E-state index is 0.143. The van der Waals surface area contributed by atoms with Crippen LogP contribution in [0.4, 0.5) is 4.79 Å². The van der Waals surface area contributed by atoms with Crippen molar-refractivity contribution in [3.05, 3.63) is 35.4 Å². The van der Waals surface area contributed by atoms with E-state index in [9.17, 15) is 14.4 Å². The maximum Gasteiger partial charge on any atom is 0.338 e. The summed E-state index contributed by atoms with van der Waals surface area (Å²) in [7, 11) is 0. The van der Waals surface area contributed by atoms with Gasteiger partial charge in [-0.3, -0.25) is 14.5 Å². The van der Waals surface area contributed by atoms with Gasteiger partial charge in [0, 0.05) is 18.5 Å². The van der Waals surface area contributed by atoms with Gasteiger partial charge in [0.25, 0.3) is 0 Å². The lowest BCUT2D eigenvalue weighted by molar-refractivity contribution is -0.923. The maximum absolute atomic E-state index is 12.4. The van der Waals surface area contributed by atoms with Gasteiger partial charge in [-0.2, -0.15) is 0 Å². The summed E-state index contributed by atoms with van der Waals surface area (Å²) in [5, 5.41) is 0. The van der Waals surface area contributed by atoms with E-state index in [0.717, 1.165) is 34.2 Å². The van der Waals surface area contributed by atoms with Crippen molar-refractivity contribution < 1.29 is 19.3 Å². The summed E-state index contributed by atoms with van der Waals surface area (Å²) in [6.45, 7) is 6.00. The van der Waals surface area contributed by atoms with E-state index in [1.54, 1.807) is 0 Å². The Morgan fingerprint density at radius 1 is 1.04 bits per heavy atom. The molecule has 1 saturated heterocycles. The normalized spacial score (nSPS) is 21.3. The molecular weight excluding hydrogens is 294 g/mol. The molecule has 0 saturated carbocycles. The molecule has 6 heteroatoms. The smallest absolute Gasteiger partial charge is 0.313 e. The maximum atomic E-state index is 12.4. The van der Waals surface area contributed by atoms with Crippen molar-refractivity contribution in [3.8, 4) is 0 Å². The second-order valence-corrected chi connectivity index (χ2v) is 6.68. The lowest BCUT2D eigenvalue weighted by atomic mass is 10.0. The fraction of sp³-hybridized carbons (Fsp3) is 0.471. The van der Waals surface area contributed by atoms with E-state index in [-0.39, 0.29) is 19.1 Å². The minimum atomic E-state index is -0.694. The fourth-order valence-corrected chi connectivity index (χ4v) is 3.22. The lowest BCUT2D eigenvalue weighted by Crippen LogP contribution is -3.13. The zero-order valence-electron chi connectivity index (χ0n) is 13.5. The predicted molar refractivity (Wildman–Crippen MR) is 83.3 cm³/mol. The summed E-state index contributed by atoms with van der Waals surface area (Å²) < 4.78 is 0. The molecule has 122 valence electrons. The predicted octanol–water partition coefficient (Wildman–Crippen LogP) is 0.0319. The molecule has 0 radical (unpaired) electrons. The Morgan fingerprint density at radius 3 is 2.39 bits per heavy atom. The largest absolute Gasteiger partial charge is 0.338 e. The van der Waals surface area contributed by atoms with Crippen LogP contribution in [-0.2, 0) is 22.6 Å². The van der Waals surface area contributed by atoms with E-state index in [1.807, 2.05) is 26.0 Å². The van der Waals surface area contributed by atoms with Crippen molar-refractivity contribution in [3.63, 3.8) is 0 Å². The van der Waals surface area contributed by atoms with Gasteiger partial charge in [0.1, 0.15) is 6.54 Å². The minimum Gasteiger partial charge on any atom is -0.313 e. The Labute approximate surface area is 135 Å². The van der Waals surface area contributed by atoms with Crippen LogP contribution in [0.3, 0.4) is 0 Å². The Morgan fingerprint density at radius 2 is 1.70 bits per heavy atom. The van der Waals surface area contributed by atoms with E-state index in [2.05, 4.69) is 12.1 Å². The molecule has 0 bridgehead atoms. The molecule has 2 aliphatic heterocycles. The van der Waals surface area contributed by atoms with Crippen molar-refractivity contribution in [1.82, 2.24) is 9.80 Å². The van der Waals surface area contributed by atoms with E-state index in [0.29, 0.717) is 0 Å². The fourth-order valence-electron chi connectivity index (χ4n) is 3.22. The Kier molecular flexibility index (Phi) is 4.17. The molecule has 2 heterocycles. The highest BCUT2D eigenvalue weighted by Gasteiger charge is 2.46. The van der Waals surface area contributed by atoms with E-state index in [1.165, 1.54) is 11.1 Å². The summed E-state index contributed by atoms with van der Waals surface area (Å²) in [6.07, 6.45) is 0.922. The van der Waals surface area contributed by atoms with Crippen molar-refractivity contribution in [2.24, 2.45) is 5.92 Å². The van der Waals surface area contributed by atoms with Crippen LogP contribution in [0.25, 0.3) is 0 Å². The monoisotopic (exact) mass is 316 g/mol. The van der Waals surface area contributed by atoms with Crippen molar-refractivity contribution in [1.29, 1.82) is 0 Å². The van der Waals surface area contributed by atoms with Crippen LogP contribution in [0.5, 0.6) is 0 Å². The Balaban J connectivity index is 1.70. The highest BCUT2D eigenvalue weighted by molar-refractivity contribution is 6.44. The molecule has 1 aromatic carbocycles. The van der Waals surface area contributed by atoms with Crippen molar-refractivity contribution in [2.45, 2.75) is 26.8 Å². The number of benzene rings is 1. The van der Waals surface area contributed by atoms with Gasteiger partial charge in [0.15, 0.2) is 6.67 Å². The molecule has 0 aliphatic carbocycles. The summed E-state index contributed by atoms with van der Waals surface area (Å²) in [5.74, 6) is -1.24. The number of amides is 4. The molecule has 1 N–H and O–H groups in total. The third kappa shape index (κ3) is 2.99. The van der Waals surface area contributed by atoms with Gasteiger partial charge in [-0.1, -0.05) is 38.1 Å². The van der Waals surface area contributed by atoms with E-state index >= 15 is 0 Å². The number of imide groups is 2.